The maximum atomic E-state index is 6.06. The quantitative estimate of drug-likeness (QED) is 0.770. The lowest BCUT2D eigenvalue weighted by Crippen LogP contribution is -2.33. The van der Waals surface area contributed by atoms with Gasteiger partial charge in [0.2, 0.25) is 0 Å². The molecular formula is C15H25NO2. The predicted molar refractivity (Wildman–Crippen MR) is 75.4 cm³/mol. The Hall–Kier alpha value is -1.22. The minimum Gasteiger partial charge on any atom is -0.490 e. The Labute approximate surface area is 110 Å². The summed E-state index contributed by atoms with van der Waals surface area (Å²) in [5, 5.41) is 3.17. The third kappa shape index (κ3) is 4.57. The molecule has 1 aromatic rings. The number of nitrogens with one attached hydrogen (secondary N) is 1. The van der Waals surface area contributed by atoms with Crippen LogP contribution < -0.4 is 14.8 Å². The predicted octanol–water partition coefficient (Wildman–Crippen LogP) is 3.10. The van der Waals surface area contributed by atoms with Crippen molar-refractivity contribution in [3.8, 4) is 11.5 Å². The highest BCUT2D eigenvalue weighted by molar-refractivity contribution is 5.39. The van der Waals surface area contributed by atoms with Gasteiger partial charge in [-0.3, -0.25) is 0 Å². The first kappa shape index (κ1) is 14.8. The van der Waals surface area contributed by atoms with Gasteiger partial charge in [-0.15, -0.1) is 0 Å². The molecule has 1 N–H and O–H groups in total. The number of ether oxygens (including phenoxy) is 2. The van der Waals surface area contributed by atoms with Crippen molar-refractivity contribution in [2.45, 2.75) is 33.3 Å². The molecule has 0 saturated heterocycles. The number of likely N-dealkylation sites (N-methyl/N-ethyl adjacent to an activating group) is 1. The van der Waals surface area contributed by atoms with Crippen LogP contribution in [-0.2, 0) is 0 Å². The molecule has 1 atom stereocenters. The molecule has 3 heteroatoms. The second-order valence-electron chi connectivity index (χ2n) is 4.75. The van der Waals surface area contributed by atoms with Crippen LogP contribution in [0.5, 0.6) is 11.5 Å². The Kier molecular flexibility index (Phi) is 6.58. The molecule has 102 valence electrons. The molecule has 0 aromatic heterocycles. The molecule has 0 spiro atoms. The van der Waals surface area contributed by atoms with E-state index in [-0.39, 0.29) is 6.10 Å². The highest BCUT2D eigenvalue weighted by atomic mass is 16.5. The van der Waals surface area contributed by atoms with Gasteiger partial charge in [0, 0.05) is 6.54 Å². The minimum absolute atomic E-state index is 0.154. The van der Waals surface area contributed by atoms with Gasteiger partial charge < -0.3 is 14.8 Å². The molecule has 0 radical (unpaired) electrons. The monoisotopic (exact) mass is 251 g/mol. The second kappa shape index (κ2) is 7.98. The van der Waals surface area contributed by atoms with Crippen molar-refractivity contribution in [3.05, 3.63) is 24.3 Å². The van der Waals surface area contributed by atoms with Crippen molar-refractivity contribution in [1.82, 2.24) is 5.32 Å². The van der Waals surface area contributed by atoms with Gasteiger partial charge in [0.05, 0.1) is 6.61 Å². The molecule has 0 amide bonds. The lowest BCUT2D eigenvalue weighted by Gasteiger charge is -2.23. The molecule has 0 aliphatic heterocycles. The zero-order chi connectivity index (χ0) is 13.4. The van der Waals surface area contributed by atoms with Crippen LogP contribution in [0.15, 0.2) is 24.3 Å². The zero-order valence-electron chi connectivity index (χ0n) is 11.9. The van der Waals surface area contributed by atoms with E-state index >= 15 is 0 Å². The Morgan fingerprint density at radius 2 is 1.83 bits per heavy atom. The van der Waals surface area contributed by atoms with Crippen LogP contribution >= 0.6 is 0 Å². The summed E-state index contributed by atoms with van der Waals surface area (Å²) in [6, 6.07) is 7.88. The molecule has 0 heterocycles. The summed E-state index contributed by atoms with van der Waals surface area (Å²) in [6.45, 7) is 7.98. The van der Waals surface area contributed by atoms with E-state index in [1.807, 2.05) is 31.3 Å². The molecule has 0 aliphatic carbocycles. The molecule has 0 aliphatic rings. The molecular weight excluding hydrogens is 226 g/mol. The van der Waals surface area contributed by atoms with E-state index in [4.69, 9.17) is 9.47 Å². The fourth-order valence-electron chi connectivity index (χ4n) is 1.66. The van der Waals surface area contributed by atoms with Gasteiger partial charge in [-0.05, 0) is 31.5 Å². The summed E-state index contributed by atoms with van der Waals surface area (Å²) in [7, 11) is 1.94. The number of hydrogen-bond donors (Lipinski definition) is 1. The lowest BCUT2D eigenvalue weighted by molar-refractivity contribution is 0.143. The van der Waals surface area contributed by atoms with E-state index in [0.29, 0.717) is 5.92 Å². The number of para-hydroxylation sites is 2. The Morgan fingerprint density at radius 3 is 2.39 bits per heavy atom. The Bertz CT molecular complexity index is 339. The van der Waals surface area contributed by atoms with Crippen LogP contribution in [0.25, 0.3) is 0 Å². The summed E-state index contributed by atoms with van der Waals surface area (Å²) in [6.07, 6.45) is 1.15. The third-order valence-electron chi connectivity index (χ3n) is 2.74. The Morgan fingerprint density at radius 1 is 1.17 bits per heavy atom. The molecule has 18 heavy (non-hydrogen) atoms. The van der Waals surface area contributed by atoms with Crippen molar-refractivity contribution in [2.75, 3.05) is 20.2 Å². The highest BCUT2D eigenvalue weighted by Crippen LogP contribution is 2.28. The van der Waals surface area contributed by atoms with Crippen LogP contribution in [0.2, 0.25) is 0 Å². The maximum absolute atomic E-state index is 6.06. The summed E-state index contributed by atoms with van der Waals surface area (Å²) >= 11 is 0. The fourth-order valence-corrected chi connectivity index (χ4v) is 1.66. The Balaban J connectivity index is 2.74. The normalized spacial score (nSPS) is 12.5. The molecule has 0 fully saturated rings. The maximum Gasteiger partial charge on any atom is 0.161 e. The largest absolute Gasteiger partial charge is 0.490 e. The van der Waals surface area contributed by atoms with Crippen molar-refractivity contribution in [1.29, 1.82) is 0 Å². The van der Waals surface area contributed by atoms with Crippen molar-refractivity contribution in [3.63, 3.8) is 0 Å². The molecule has 3 nitrogen and oxygen atoms in total. The first-order chi connectivity index (χ1) is 8.69. The van der Waals surface area contributed by atoms with Gasteiger partial charge in [-0.2, -0.15) is 0 Å². The smallest absolute Gasteiger partial charge is 0.161 e. The number of benzene rings is 1. The molecule has 1 aromatic carbocycles. The fraction of sp³-hybridized carbons (Fsp3) is 0.600. The van der Waals surface area contributed by atoms with Gasteiger partial charge in [0.15, 0.2) is 11.5 Å². The standard InChI is InChI=1S/C15H25NO2/c1-5-10-17-13-8-6-7-9-14(13)18-15(11-16-4)12(2)3/h6-9,12,15-16H,5,10-11H2,1-4H3. The summed E-state index contributed by atoms with van der Waals surface area (Å²) in [4.78, 5) is 0. The van der Waals surface area contributed by atoms with Crippen LogP contribution in [-0.4, -0.2) is 26.3 Å². The zero-order valence-corrected chi connectivity index (χ0v) is 11.9. The minimum atomic E-state index is 0.154. The average molecular weight is 251 g/mol. The first-order valence-corrected chi connectivity index (χ1v) is 6.72. The first-order valence-electron chi connectivity index (χ1n) is 6.72. The third-order valence-corrected chi connectivity index (χ3v) is 2.74. The molecule has 0 bridgehead atoms. The van der Waals surface area contributed by atoms with E-state index in [1.54, 1.807) is 0 Å². The van der Waals surface area contributed by atoms with Crippen molar-refractivity contribution in [2.24, 2.45) is 5.92 Å². The summed E-state index contributed by atoms with van der Waals surface area (Å²) in [5.41, 5.74) is 0. The topological polar surface area (TPSA) is 30.5 Å². The van der Waals surface area contributed by atoms with Crippen LogP contribution in [0.3, 0.4) is 0 Å². The van der Waals surface area contributed by atoms with Crippen LogP contribution in [0, 0.1) is 5.92 Å². The molecule has 1 unspecified atom stereocenters. The second-order valence-corrected chi connectivity index (χ2v) is 4.75. The van der Waals surface area contributed by atoms with Gasteiger partial charge >= 0.3 is 0 Å². The average Bonchev–Trinajstić information content (AvgIpc) is 2.37. The van der Waals surface area contributed by atoms with Gasteiger partial charge in [-0.1, -0.05) is 32.9 Å². The van der Waals surface area contributed by atoms with Crippen LogP contribution in [0.1, 0.15) is 27.2 Å². The number of rotatable bonds is 8. The summed E-state index contributed by atoms with van der Waals surface area (Å²) in [5.74, 6) is 2.12. The van der Waals surface area contributed by atoms with Crippen molar-refractivity contribution < 1.29 is 9.47 Å². The van der Waals surface area contributed by atoms with Gasteiger partial charge in [0.25, 0.3) is 0 Å². The van der Waals surface area contributed by atoms with E-state index in [1.165, 1.54) is 0 Å². The molecule has 0 saturated carbocycles. The van der Waals surface area contributed by atoms with Crippen LogP contribution in [0.4, 0.5) is 0 Å². The highest BCUT2D eigenvalue weighted by Gasteiger charge is 2.16. The van der Waals surface area contributed by atoms with E-state index in [2.05, 4.69) is 26.1 Å². The number of hydrogen-bond acceptors (Lipinski definition) is 3. The van der Waals surface area contributed by atoms with Crippen molar-refractivity contribution >= 4 is 0 Å². The SMILES string of the molecule is CCCOc1ccccc1OC(CNC)C(C)C. The van der Waals surface area contributed by atoms with E-state index < -0.39 is 0 Å². The van der Waals surface area contributed by atoms with E-state index in [0.717, 1.165) is 31.1 Å². The molecule has 1 rings (SSSR count). The lowest BCUT2D eigenvalue weighted by atomic mass is 10.1. The van der Waals surface area contributed by atoms with E-state index in [9.17, 15) is 0 Å². The van der Waals surface area contributed by atoms with Gasteiger partial charge in [0.1, 0.15) is 6.10 Å². The van der Waals surface area contributed by atoms with Gasteiger partial charge in [-0.25, -0.2) is 0 Å². The summed E-state index contributed by atoms with van der Waals surface area (Å²) < 4.78 is 11.8.